The second-order valence-corrected chi connectivity index (χ2v) is 5.69. The fourth-order valence-corrected chi connectivity index (χ4v) is 2.49. The van der Waals surface area contributed by atoms with Gasteiger partial charge in [0.15, 0.2) is 6.10 Å². The summed E-state index contributed by atoms with van der Waals surface area (Å²) in [5.74, 6) is -0.544. The molecule has 0 unspecified atom stereocenters. The number of fused-ring (bicyclic) bond motifs is 1. The minimum Gasteiger partial charge on any atom is -0.444 e. The molecule has 0 N–H and O–H groups in total. The minimum atomic E-state index is -0.816. The zero-order valence-corrected chi connectivity index (χ0v) is 13.6. The molecule has 0 radical (unpaired) electrons. The van der Waals surface area contributed by atoms with Gasteiger partial charge in [0.25, 0.3) is 0 Å². The number of nitrogens with zero attached hydrogens (tertiary/aromatic N) is 2. The van der Waals surface area contributed by atoms with Gasteiger partial charge in [0.2, 0.25) is 0 Å². The summed E-state index contributed by atoms with van der Waals surface area (Å²) in [6, 6.07) is 18.1. The van der Waals surface area contributed by atoms with Crippen LogP contribution in [0.5, 0.6) is 0 Å². The van der Waals surface area contributed by atoms with Gasteiger partial charge in [-0.2, -0.15) is 5.26 Å². The lowest BCUT2D eigenvalue weighted by molar-refractivity contribution is 0.0438. The van der Waals surface area contributed by atoms with Crippen molar-refractivity contribution in [2.45, 2.75) is 13.0 Å². The standard InChI is InChI=1S/C19H13ClN2O2/c1-12(11-21)24-19(23)16-10-18(13-6-8-14(20)9-7-13)22-17-5-3-2-4-15(16)17/h2-10,12H,1H3/t12-/m0/s1. The first kappa shape index (κ1) is 16.0. The van der Waals surface area contributed by atoms with Crippen LogP contribution in [0.1, 0.15) is 17.3 Å². The Bertz CT molecular complexity index is 946. The molecule has 0 saturated carbocycles. The van der Waals surface area contributed by atoms with Gasteiger partial charge in [0.1, 0.15) is 6.07 Å². The number of carbonyl (C=O) groups excluding carboxylic acids is 1. The summed E-state index contributed by atoms with van der Waals surface area (Å²) in [5.41, 5.74) is 2.55. The molecule has 0 bridgehead atoms. The number of hydrogen-bond acceptors (Lipinski definition) is 4. The van der Waals surface area contributed by atoms with Gasteiger partial charge in [0, 0.05) is 16.0 Å². The number of pyridine rings is 1. The molecule has 118 valence electrons. The Hall–Kier alpha value is -2.90. The van der Waals surface area contributed by atoms with E-state index in [0.29, 0.717) is 27.2 Å². The van der Waals surface area contributed by atoms with Crippen molar-refractivity contribution in [1.82, 2.24) is 4.98 Å². The Morgan fingerprint density at radius 3 is 2.62 bits per heavy atom. The molecular weight excluding hydrogens is 324 g/mol. The average molecular weight is 337 g/mol. The van der Waals surface area contributed by atoms with Crippen molar-refractivity contribution in [2.75, 3.05) is 0 Å². The molecule has 4 nitrogen and oxygen atoms in total. The van der Waals surface area contributed by atoms with Crippen LogP contribution in [0.3, 0.4) is 0 Å². The van der Waals surface area contributed by atoms with Crippen molar-refractivity contribution >= 4 is 28.5 Å². The maximum Gasteiger partial charge on any atom is 0.340 e. The van der Waals surface area contributed by atoms with Crippen LogP contribution < -0.4 is 0 Å². The van der Waals surface area contributed by atoms with Crippen molar-refractivity contribution in [1.29, 1.82) is 5.26 Å². The van der Waals surface area contributed by atoms with Crippen molar-refractivity contribution in [2.24, 2.45) is 0 Å². The largest absolute Gasteiger partial charge is 0.444 e. The molecule has 1 heterocycles. The molecule has 0 aliphatic carbocycles. The molecule has 24 heavy (non-hydrogen) atoms. The van der Waals surface area contributed by atoms with Crippen LogP contribution in [0.4, 0.5) is 0 Å². The maximum atomic E-state index is 12.4. The number of nitriles is 1. The summed E-state index contributed by atoms with van der Waals surface area (Å²) in [6.45, 7) is 1.53. The van der Waals surface area contributed by atoms with Crippen LogP contribution in [0.2, 0.25) is 5.02 Å². The number of ether oxygens (including phenoxy) is 1. The second-order valence-electron chi connectivity index (χ2n) is 5.26. The van der Waals surface area contributed by atoms with E-state index in [-0.39, 0.29) is 0 Å². The van der Waals surface area contributed by atoms with Crippen LogP contribution in [-0.2, 0) is 4.74 Å². The zero-order chi connectivity index (χ0) is 17.1. The number of halogens is 1. The Kier molecular flexibility index (Phi) is 4.45. The molecule has 5 heteroatoms. The topological polar surface area (TPSA) is 63.0 Å². The minimum absolute atomic E-state index is 0.382. The van der Waals surface area contributed by atoms with E-state index in [2.05, 4.69) is 4.98 Å². The van der Waals surface area contributed by atoms with Crippen LogP contribution in [0, 0.1) is 11.3 Å². The Labute approximate surface area is 144 Å². The second kappa shape index (κ2) is 6.69. The third kappa shape index (κ3) is 3.22. The highest BCUT2D eigenvalue weighted by atomic mass is 35.5. The lowest BCUT2D eigenvalue weighted by atomic mass is 10.0. The first-order valence-corrected chi connectivity index (χ1v) is 7.72. The van der Waals surface area contributed by atoms with Crippen LogP contribution >= 0.6 is 11.6 Å². The number of benzene rings is 2. The monoisotopic (exact) mass is 336 g/mol. The SMILES string of the molecule is C[C@@H](C#N)OC(=O)c1cc(-c2ccc(Cl)cc2)nc2ccccc12. The van der Waals surface area contributed by atoms with Crippen molar-refractivity contribution < 1.29 is 9.53 Å². The highest BCUT2D eigenvalue weighted by Crippen LogP contribution is 2.26. The Morgan fingerprint density at radius 1 is 1.21 bits per heavy atom. The number of hydrogen-bond donors (Lipinski definition) is 0. The molecule has 1 aromatic heterocycles. The van der Waals surface area contributed by atoms with Crippen molar-refractivity contribution in [3.8, 4) is 17.3 Å². The van der Waals surface area contributed by atoms with Crippen LogP contribution in [0.15, 0.2) is 54.6 Å². The summed E-state index contributed by atoms with van der Waals surface area (Å²) >= 11 is 5.92. The summed E-state index contributed by atoms with van der Waals surface area (Å²) in [6.07, 6.45) is -0.816. The number of aromatic nitrogens is 1. The van der Waals surface area contributed by atoms with E-state index in [1.54, 1.807) is 18.2 Å². The average Bonchev–Trinajstić information content (AvgIpc) is 2.61. The summed E-state index contributed by atoms with van der Waals surface area (Å²) in [4.78, 5) is 17.0. The number of carbonyl (C=O) groups is 1. The number of rotatable bonds is 3. The maximum absolute atomic E-state index is 12.4. The third-order valence-electron chi connectivity index (χ3n) is 3.54. The van der Waals surface area contributed by atoms with Crippen molar-refractivity contribution in [3.63, 3.8) is 0 Å². The van der Waals surface area contributed by atoms with E-state index in [1.165, 1.54) is 6.92 Å². The molecular formula is C19H13ClN2O2. The van der Waals surface area contributed by atoms with E-state index < -0.39 is 12.1 Å². The highest BCUT2D eigenvalue weighted by Gasteiger charge is 2.17. The van der Waals surface area contributed by atoms with Gasteiger partial charge < -0.3 is 4.74 Å². The highest BCUT2D eigenvalue weighted by molar-refractivity contribution is 6.30. The molecule has 0 fully saturated rings. The molecule has 0 spiro atoms. The van der Waals surface area contributed by atoms with Crippen LogP contribution in [-0.4, -0.2) is 17.1 Å². The summed E-state index contributed by atoms with van der Waals surface area (Å²) < 4.78 is 5.15. The smallest absolute Gasteiger partial charge is 0.340 e. The van der Waals surface area contributed by atoms with E-state index in [1.807, 2.05) is 42.5 Å². The normalized spacial score (nSPS) is 11.7. The first-order valence-electron chi connectivity index (χ1n) is 7.35. The molecule has 0 aliphatic rings. The molecule has 3 rings (SSSR count). The van der Waals surface area contributed by atoms with Gasteiger partial charge in [-0.1, -0.05) is 41.9 Å². The zero-order valence-electron chi connectivity index (χ0n) is 12.9. The number of esters is 1. The molecule has 1 atom stereocenters. The van der Waals surface area contributed by atoms with E-state index in [9.17, 15) is 4.79 Å². The predicted octanol–water partition coefficient (Wildman–Crippen LogP) is 4.62. The molecule has 0 amide bonds. The molecule has 3 aromatic rings. The van der Waals surface area contributed by atoms with Crippen molar-refractivity contribution in [3.05, 3.63) is 65.2 Å². The lowest BCUT2D eigenvalue weighted by Gasteiger charge is -2.11. The van der Waals surface area contributed by atoms with Gasteiger partial charge in [-0.15, -0.1) is 0 Å². The Balaban J connectivity index is 2.14. The summed E-state index contributed by atoms with van der Waals surface area (Å²) in [7, 11) is 0. The molecule has 0 saturated heterocycles. The molecule has 0 aliphatic heterocycles. The van der Waals surface area contributed by atoms with E-state index in [0.717, 1.165) is 5.56 Å². The van der Waals surface area contributed by atoms with E-state index in [4.69, 9.17) is 21.6 Å². The van der Waals surface area contributed by atoms with Gasteiger partial charge in [-0.25, -0.2) is 9.78 Å². The van der Waals surface area contributed by atoms with Gasteiger partial charge >= 0.3 is 5.97 Å². The predicted molar refractivity (Wildman–Crippen MR) is 92.7 cm³/mol. The van der Waals surface area contributed by atoms with E-state index >= 15 is 0 Å². The fraction of sp³-hybridized carbons (Fsp3) is 0.105. The summed E-state index contributed by atoms with van der Waals surface area (Å²) in [5, 5.41) is 10.2. The molecule has 2 aromatic carbocycles. The quantitative estimate of drug-likeness (QED) is 0.654. The van der Waals surface area contributed by atoms with Gasteiger partial charge in [-0.3, -0.25) is 0 Å². The van der Waals surface area contributed by atoms with Gasteiger partial charge in [-0.05, 0) is 31.2 Å². The first-order chi connectivity index (χ1) is 11.6. The lowest BCUT2D eigenvalue weighted by Crippen LogP contribution is -2.14. The third-order valence-corrected chi connectivity index (χ3v) is 3.79. The van der Waals surface area contributed by atoms with Gasteiger partial charge in [0.05, 0.1) is 16.8 Å². The fourth-order valence-electron chi connectivity index (χ4n) is 2.36. The Morgan fingerprint density at radius 2 is 1.92 bits per heavy atom. The van der Waals surface area contributed by atoms with Crippen LogP contribution in [0.25, 0.3) is 22.2 Å². The number of para-hydroxylation sites is 1.